The second-order valence-electron chi connectivity index (χ2n) is 2.78. The quantitative estimate of drug-likeness (QED) is 0.544. The van der Waals surface area contributed by atoms with Crippen LogP contribution in [0.3, 0.4) is 0 Å². The van der Waals surface area contributed by atoms with Crippen LogP contribution < -0.4 is 0 Å². The van der Waals surface area contributed by atoms with Gasteiger partial charge in [-0.3, -0.25) is 0 Å². The Labute approximate surface area is 67.6 Å². The maximum atomic E-state index is 7.70. The molecule has 1 aliphatic carbocycles. The van der Waals surface area contributed by atoms with Crippen molar-refractivity contribution in [3.05, 3.63) is 34.9 Å². The average Bonchev–Trinajstić information content (AvgIpc) is 1.99. The molecule has 0 aromatic heterocycles. The first-order valence-electron chi connectivity index (χ1n) is 3.78. The lowest BCUT2D eigenvalue weighted by molar-refractivity contribution is 1.33. The fourth-order valence-corrected chi connectivity index (χ4v) is 1.20. The summed E-state index contributed by atoms with van der Waals surface area (Å²) >= 11 is 0. The van der Waals surface area contributed by atoms with Gasteiger partial charge in [-0.15, -0.1) is 0 Å². The smallest absolute Gasteiger partial charge is 0.0640 e. The van der Waals surface area contributed by atoms with Crippen LogP contribution in [0, 0.1) is 5.41 Å². The van der Waals surface area contributed by atoms with Crippen molar-refractivity contribution >= 4 is 5.71 Å². The van der Waals surface area contributed by atoms with Crippen molar-refractivity contribution in [2.24, 2.45) is 0 Å². The third-order valence-electron chi connectivity index (χ3n) is 1.96. The van der Waals surface area contributed by atoms with Gasteiger partial charge in [0.1, 0.15) is 0 Å². The first-order chi connectivity index (χ1) is 5.16. The molecule has 0 spiro atoms. The molecular formula is C10H13N. The van der Waals surface area contributed by atoms with Gasteiger partial charge in [-0.05, 0) is 37.5 Å². The van der Waals surface area contributed by atoms with Crippen LogP contribution in [0.1, 0.15) is 20.8 Å². The van der Waals surface area contributed by atoms with E-state index in [9.17, 15) is 0 Å². The van der Waals surface area contributed by atoms with Crippen LogP contribution >= 0.6 is 0 Å². The number of allylic oxidation sites excluding steroid dienone is 6. The van der Waals surface area contributed by atoms with Gasteiger partial charge in [0.25, 0.3) is 0 Å². The Morgan fingerprint density at radius 1 is 1.18 bits per heavy atom. The molecule has 1 heteroatoms. The molecule has 0 aromatic carbocycles. The first kappa shape index (κ1) is 7.99. The molecule has 1 nitrogen and oxygen atoms in total. The largest absolute Gasteiger partial charge is 0.300 e. The third kappa shape index (κ3) is 1.32. The Bertz CT molecular complexity index is 273. The van der Waals surface area contributed by atoms with Crippen molar-refractivity contribution in [2.75, 3.05) is 0 Å². The van der Waals surface area contributed by atoms with E-state index in [0.29, 0.717) is 5.71 Å². The molecule has 0 radical (unpaired) electrons. The van der Waals surface area contributed by atoms with Gasteiger partial charge in [-0.2, -0.15) is 0 Å². The Morgan fingerprint density at radius 2 is 1.73 bits per heavy atom. The van der Waals surface area contributed by atoms with E-state index in [1.54, 1.807) is 0 Å². The van der Waals surface area contributed by atoms with Crippen LogP contribution in [-0.4, -0.2) is 5.71 Å². The summed E-state index contributed by atoms with van der Waals surface area (Å²) in [4.78, 5) is 0. The van der Waals surface area contributed by atoms with Crippen molar-refractivity contribution in [3.8, 4) is 0 Å². The fraction of sp³-hybridized carbons (Fsp3) is 0.300. The molecule has 11 heavy (non-hydrogen) atoms. The molecule has 0 bridgehead atoms. The maximum Gasteiger partial charge on any atom is 0.0640 e. The molecule has 0 amide bonds. The summed E-state index contributed by atoms with van der Waals surface area (Å²) in [5.41, 5.74) is 3.95. The zero-order valence-electron chi connectivity index (χ0n) is 7.23. The van der Waals surface area contributed by atoms with E-state index in [1.165, 1.54) is 5.57 Å². The molecular weight excluding hydrogens is 134 g/mol. The highest BCUT2D eigenvalue weighted by Crippen LogP contribution is 2.20. The van der Waals surface area contributed by atoms with Gasteiger partial charge in [0.05, 0.1) is 5.71 Å². The van der Waals surface area contributed by atoms with E-state index in [0.717, 1.165) is 11.1 Å². The van der Waals surface area contributed by atoms with E-state index >= 15 is 0 Å². The van der Waals surface area contributed by atoms with E-state index in [-0.39, 0.29) is 0 Å². The van der Waals surface area contributed by atoms with Crippen LogP contribution in [0.5, 0.6) is 0 Å². The molecule has 0 saturated carbocycles. The summed E-state index contributed by atoms with van der Waals surface area (Å²) in [6.07, 6.45) is 6.04. The first-order valence-corrected chi connectivity index (χ1v) is 3.78. The summed E-state index contributed by atoms with van der Waals surface area (Å²) < 4.78 is 0. The molecule has 1 aliphatic rings. The van der Waals surface area contributed by atoms with Crippen molar-refractivity contribution in [3.63, 3.8) is 0 Å². The zero-order valence-corrected chi connectivity index (χ0v) is 7.23. The summed E-state index contributed by atoms with van der Waals surface area (Å²) in [6.45, 7) is 5.97. The fourth-order valence-electron chi connectivity index (χ4n) is 1.20. The molecule has 0 atom stereocenters. The summed E-state index contributed by atoms with van der Waals surface area (Å²) in [5, 5.41) is 7.70. The van der Waals surface area contributed by atoms with Crippen LogP contribution in [0.15, 0.2) is 34.9 Å². The SMILES string of the molecule is C/C=C1/C(=N)C(C)=CC=C1C. The Hall–Kier alpha value is -1.11. The minimum Gasteiger partial charge on any atom is -0.300 e. The van der Waals surface area contributed by atoms with Gasteiger partial charge in [-0.25, -0.2) is 0 Å². The zero-order chi connectivity index (χ0) is 8.43. The topological polar surface area (TPSA) is 23.9 Å². The van der Waals surface area contributed by atoms with Gasteiger partial charge in [0.2, 0.25) is 0 Å². The predicted molar refractivity (Wildman–Crippen MR) is 49.0 cm³/mol. The Morgan fingerprint density at radius 3 is 2.18 bits per heavy atom. The second kappa shape index (κ2) is 2.87. The van der Waals surface area contributed by atoms with Crippen LogP contribution in [0.4, 0.5) is 0 Å². The van der Waals surface area contributed by atoms with Gasteiger partial charge in [-0.1, -0.05) is 18.2 Å². The normalized spacial score (nSPS) is 21.7. The van der Waals surface area contributed by atoms with Crippen molar-refractivity contribution < 1.29 is 0 Å². The molecule has 58 valence electrons. The standard InChI is InChI=1S/C10H13N/c1-4-9-7(2)5-6-8(3)10(9)11/h4-6,11H,1-3H3/b9-4+,11-10?. The lowest BCUT2D eigenvalue weighted by atomic mass is 9.92. The molecule has 0 heterocycles. The van der Waals surface area contributed by atoms with Gasteiger partial charge < -0.3 is 5.41 Å². The summed E-state index contributed by atoms with van der Waals surface area (Å²) in [6, 6.07) is 0. The Kier molecular flexibility index (Phi) is 2.08. The molecule has 0 unspecified atom stereocenters. The summed E-state index contributed by atoms with van der Waals surface area (Å²) in [7, 11) is 0. The molecule has 0 saturated heterocycles. The van der Waals surface area contributed by atoms with E-state index in [1.807, 2.05) is 32.9 Å². The van der Waals surface area contributed by atoms with Crippen LogP contribution in [0.2, 0.25) is 0 Å². The van der Waals surface area contributed by atoms with Gasteiger partial charge in [0, 0.05) is 0 Å². The minimum atomic E-state index is 0.660. The number of nitrogens with one attached hydrogen (secondary N) is 1. The maximum absolute atomic E-state index is 7.70. The highest BCUT2D eigenvalue weighted by molar-refractivity contribution is 6.13. The Balaban J connectivity index is 3.13. The molecule has 0 aliphatic heterocycles. The number of rotatable bonds is 0. The van der Waals surface area contributed by atoms with E-state index in [4.69, 9.17) is 5.41 Å². The van der Waals surface area contributed by atoms with Crippen LogP contribution in [-0.2, 0) is 0 Å². The second-order valence-corrected chi connectivity index (χ2v) is 2.78. The lowest BCUT2D eigenvalue weighted by Gasteiger charge is -2.13. The minimum absolute atomic E-state index is 0.660. The van der Waals surface area contributed by atoms with Crippen LogP contribution in [0.25, 0.3) is 0 Å². The number of hydrogen-bond donors (Lipinski definition) is 1. The predicted octanol–water partition coefficient (Wildman–Crippen LogP) is 2.86. The van der Waals surface area contributed by atoms with Crippen molar-refractivity contribution in [2.45, 2.75) is 20.8 Å². The monoisotopic (exact) mass is 147 g/mol. The van der Waals surface area contributed by atoms with Crippen molar-refractivity contribution in [1.82, 2.24) is 0 Å². The third-order valence-corrected chi connectivity index (χ3v) is 1.96. The average molecular weight is 147 g/mol. The van der Waals surface area contributed by atoms with E-state index < -0.39 is 0 Å². The summed E-state index contributed by atoms with van der Waals surface area (Å²) in [5.74, 6) is 0. The number of hydrogen-bond acceptors (Lipinski definition) is 1. The highest BCUT2D eigenvalue weighted by Gasteiger charge is 2.10. The lowest BCUT2D eigenvalue weighted by Crippen LogP contribution is -2.07. The molecule has 1 rings (SSSR count). The molecule has 1 N–H and O–H groups in total. The van der Waals surface area contributed by atoms with Gasteiger partial charge >= 0.3 is 0 Å². The highest BCUT2D eigenvalue weighted by atomic mass is 14.4. The van der Waals surface area contributed by atoms with E-state index in [2.05, 4.69) is 6.08 Å². The van der Waals surface area contributed by atoms with Gasteiger partial charge in [0.15, 0.2) is 0 Å². The van der Waals surface area contributed by atoms with Crippen molar-refractivity contribution in [1.29, 1.82) is 5.41 Å². The molecule has 0 aromatic rings. The molecule has 0 fully saturated rings.